The number of hydrogen-bond acceptors (Lipinski definition) is 4. The van der Waals surface area contributed by atoms with E-state index in [2.05, 4.69) is 5.32 Å². The van der Waals surface area contributed by atoms with Gasteiger partial charge in [0.05, 0.1) is 19.1 Å². The van der Waals surface area contributed by atoms with Crippen molar-refractivity contribution in [3.05, 3.63) is 60.2 Å². The molecule has 3 rings (SSSR count). The second-order valence-electron chi connectivity index (χ2n) is 6.34. The van der Waals surface area contributed by atoms with E-state index in [1.165, 1.54) is 0 Å². The molecular formula is C21H25NO4. The predicted octanol–water partition coefficient (Wildman–Crippen LogP) is 2.94. The molecule has 1 aliphatic heterocycles. The van der Waals surface area contributed by atoms with Gasteiger partial charge >= 0.3 is 0 Å². The lowest BCUT2D eigenvalue weighted by Crippen LogP contribution is -2.48. The van der Waals surface area contributed by atoms with Gasteiger partial charge in [0.15, 0.2) is 0 Å². The van der Waals surface area contributed by atoms with Crippen molar-refractivity contribution in [2.45, 2.75) is 18.3 Å². The molecule has 1 saturated heterocycles. The SMILES string of the molecule is COc1cccc(OCCNC(=O)C2(c3ccccc3)CCOCC2)c1. The summed E-state index contributed by atoms with van der Waals surface area (Å²) in [6.45, 7) is 2.05. The van der Waals surface area contributed by atoms with Crippen molar-refractivity contribution in [3.63, 3.8) is 0 Å². The molecule has 1 amide bonds. The maximum Gasteiger partial charge on any atom is 0.230 e. The smallest absolute Gasteiger partial charge is 0.230 e. The summed E-state index contributed by atoms with van der Waals surface area (Å²) >= 11 is 0. The van der Waals surface area contributed by atoms with Gasteiger partial charge in [0.25, 0.3) is 0 Å². The summed E-state index contributed by atoms with van der Waals surface area (Å²) in [5.41, 5.74) is 0.532. The number of carbonyl (C=O) groups excluding carboxylic acids is 1. The first-order valence-corrected chi connectivity index (χ1v) is 8.93. The lowest BCUT2D eigenvalue weighted by atomic mass is 9.73. The van der Waals surface area contributed by atoms with Crippen LogP contribution in [0.1, 0.15) is 18.4 Å². The second-order valence-corrected chi connectivity index (χ2v) is 6.34. The first-order valence-electron chi connectivity index (χ1n) is 8.93. The monoisotopic (exact) mass is 355 g/mol. The average molecular weight is 355 g/mol. The van der Waals surface area contributed by atoms with Gasteiger partial charge in [-0.25, -0.2) is 0 Å². The molecular weight excluding hydrogens is 330 g/mol. The van der Waals surface area contributed by atoms with Gasteiger partial charge in [-0.1, -0.05) is 36.4 Å². The number of carbonyl (C=O) groups is 1. The first-order chi connectivity index (χ1) is 12.7. The van der Waals surface area contributed by atoms with Crippen molar-refractivity contribution in [1.29, 1.82) is 0 Å². The topological polar surface area (TPSA) is 56.8 Å². The number of ether oxygens (including phenoxy) is 3. The van der Waals surface area contributed by atoms with E-state index < -0.39 is 5.41 Å². The van der Waals surface area contributed by atoms with Crippen LogP contribution >= 0.6 is 0 Å². The van der Waals surface area contributed by atoms with E-state index in [4.69, 9.17) is 14.2 Å². The molecule has 1 fully saturated rings. The van der Waals surface area contributed by atoms with Crippen LogP contribution in [0.4, 0.5) is 0 Å². The van der Waals surface area contributed by atoms with Crippen molar-refractivity contribution in [1.82, 2.24) is 5.32 Å². The van der Waals surface area contributed by atoms with Crippen LogP contribution in [0.5, 0.6) is 11.5 Å². The Bertz CT molecular complexity index is 711. The highest BCUT2D eigenvalue weighted by Crippen LogP contribution is 2.35. The summed E-state index contributed by atoms with van der Waals surface area (Å²) in [7, 11) is 1.62. The number of benzene rings is 2. The van der Waals surface area contributed by atoms with E-state index in [9.17, 15) is 4.79 Å². The standard InChI is InChI=1S/C21H25NO4/c1-24-18-8-5-9-19(16-18)26-15-12-22-20(23)21(10-13-25-14-11-21)17-6-3-2-4-7-17/h2-9,16H,10-15H2,1H3,(H,22,23). The predicted molar refractivity (Wildman–Crippen MR) is 99.7 cm³/mol. The first kappa shape index (κ1) is 18.3. The zero-order chi connectivity index (χ0) is 18.2. The minimum absolute atomic E-state index is 0.0428. The van der Waals surface area contributed by atoms with Crippen LogP contribution in [-0.2, 0) is 14.9 Å². The summed E-state index contributed by atoms with van der Waals surface area (Å²) in [4.78, 5) is 13.0. The molecule has 0 aliphatic carbocycles. The number of amides is 1. The molecule has 0 unspecified atom stereocenters. The van der Waals surface area contributed by atoms with Crippen LogP contribution in [0.25, 0.3) is 0 Å². The summed E-state index contributed by atoms with van der Waals surface area (Å²) in [6, 6.07) is 17.4. The lowest BCUT2D eigenvalue weighted by molar-refractivity contribution is -0.130. The highest BCUT2D eigenvalue weighted by molar-refractivity contribution is 5.88. The number of nitrogens with one attached hydrogen (secondary N) is 1. The van der Waals surface area contributed by atoms with Crippen LogP contribution < -0.4 is 14.8 Å². The summed E-state index contributed by atoms with van der Waals surface area (Å²) in [5.74, 6) is 1.51. The van der Waals surface area contributed by atoms with Crippen molar-refractivity contribution in [2.75, 3.05) is 33.5 Å². The molecule has 5 heteroatoms. The van der Waals surface area contributed by atoms with Gasteiger partial charge in [-0.2, -0.15) is 0 Å². The molecule has 5 nitrogen and oxygen atoms in total. The Kier molecular flexibility index (Phi) is 6.12. The molecule has 0 radical (unpaired) electrons. The highest BCUT2D eigenvalue weighted by Gasteiger charge is 2.41. The summed E-state index contributed by atoms with van der Waals surface area (Å²) in [6.07, 6.45) is 1.39. The van der Waals surface area contributed by atoms with Gasteiger partial charge in [-0.15, -0.1) is 0 Å². The fourth-order valence-corrected chi connectivity index (χ4v) is 3.32. The van der Waals surface area contributed by atoms with Crippen molar-refractivity contribution in [3.8, 4) is 11.5 Å². The molecule has 0 bridgehead atoms. The zero-order valence-corrected chi connectivity index (χ0v) is 15.1. The molecule has 26 heavy (non-hydrogen) atoms. The van der Waals surface area contributed by atoms with E-state index in [0.717, 1.165) is 17.1 Å². The average Bonchev–Trinajstić information content (AvgIpc) is 2.72. The van der Waals surface area contributed by atoms with Crippen LogP contribution in [-0.4, -0.2) is 39.4 Å². The fraction of sp³-hybridized carbons (Fsp3) is 0.381. The van der Waals surface area contributed by atoms with Crippen molar-refractivity contribution >= 4 is 5.91 Å². The third-order valence-electron chi connectivity index (χ3n) is 4.80. The van der Waals surface area contributed by atoms with Crippen LogP contribution in [0.15, 0.2) is 54.6 Å². The molecule has 1 N–H and O–H groups in total. The van der Waals surface area contributed by atoms with E-state index in [0.29, 0.717) is 39.2 Å². The maximum absolute atomic E-state index is 13.0. The Morgan fingerprint density at radius 2 is 1.81 bits per heavy atom. The number of methoxy groups -OCH3 is 1. The molecule has 0 atom stereocenters. The molecule has 1 heterocycles. The maximum atomic E-state index is 13.0. The normalized spacial score (nSPS) is 15.9. The minimum atomic E-state index is -0.518. The number of hydrogen-bond donors (Lipinski definition) is 1. The Morgan fingerprint density at radius 3 is 2.54 bits per heavy atom. The van der Waals surface area contributed by atoms with Gasteiger partial charge in [0, 0.05) is 19.3 Å². The molecule has 138 valence electrons. The van der Waals surface area contributed by atoms with Gasteiger partial charge in [-0.3, -0.25) is 4.79 Å². The van der Waals surface area contributed by atoms with E-state index >= 15 is 0 Å². The van der Waals surface area contributed by atoms with E-state index in [1.54, 1.807) is 7.11 Å². The Labute approximate surface area is 154 Å². The molecule has 0 aromatic heterocycles. The van der Waals surface area contributed by atoms with Gasteiger partial charge in [-0.05, 0) is 30.5 Å². The third kappa shape index (κ3) is 4.17. The molecule has 2 aromatic rings. The van der Waals surface area contributed by atoms with Gasteiger partial charge in [0.2, 0.25) is 5.91 Å². The Morgan fingerprint density at radius 1 is 1.08 bits per heavy atom. The fourth-order valence-electron chi connectivity index (χ4n) is 3.32. The minimum Gasteiger partial charge on any atom is -0.497 e. The summed E-state index contributed by atoms with van der Waals surface area (Å²) in [5, 5.41) is 3.04. The van der Waals surface area contributed by atoms with Crippen LogP contribution in [0.3, 0.4) is 0 Å². The molecule has 2 aromatic carbocycles. The Hall–Kier alpha value is -2.53. The van der Waals surface area contributed by atoms with Gasteiger partial charge < -0.3 is 19.5 Å². The van der Waals surface area contributed by atoms with Crippen LogP contribution in [0, 0.1) is 0 Å². The number of rotatable bonds is 7. The van der Waals surface area contributed by atoms with E-state index in [1.807, 2.05) is 54.6 Å². The molecule has 1 aliphatic rings. The molecule has 0 saturated carbocycles. The summed E-state index contributed by atoms with van der Waals surface area (Å²) < 4.78 is 16.4. The Balaban J connectivity index is 1.58. The lowest BCUT2D eigenvalue weighted by Gasteiger charge is -2.36. The second kappa shape index (κ2) is 8.72. The van der Waals surface area contributed by atoms with Crippen molar-refractivity contribution in [2.24, 2.45) is 0 Å². The quantitative estimate of drug-likeness (QED) is 0.776. The third-order valence-corrected chi connectivity index (χ3v) is 4.80. The van der Waals surface area contributed by atoms with Crippen LogP contribution in [0.2, 0.25) is 0 Å². The molecule has 0 spiro atoms. The van der Waals surface area contributed by atoms with Gasteiger partial charge in [0.1, 0.15) is 18.1 Å². The highest BCUT2D eigenvalue weighted by atomic mass is 16.5. The van der Waals surface area contributed by atoms with Crippen molar-refractivity contribution < 1.29 is 19.0 Å². The zero-order valence-electron chi connectivity index (χ0n) is 15.1. The van der Waals surface area contributed by atoms with E-state index in [-0.39, 0.29) is 5.91 Å². The largest absolute Gasteiger partial charge is 0.497 e.